The van der Waals surface area contributed by atoms with E-state index in [1.807, 2.05) is 18.2 Å². The first-order valence-corrected chi connectivity index (χ1v) is 9.68. The van der Waals surface area contributed by atoms with Gasteiger partial charge in [-0.3, -0.25) is 14.9 Å². The summed E-state index contributed by atoms with van der Waals surface area (Å²) in [6.45, 7) is 2.76. The van der Waals surface area contributed by atoms with Crippen molar-refractivity contribution in [1.82, 2.24) is 14.9 Å². The van der Waals surface area contributed by atoms with Crippen LogP contribution in [0.15, 0.2) is 29.3 Å². The van der Waals surface area contributed by atoms with Crippen LogP contribution in [0.5, 0.6) is 0 Å². The molecule has 26 heavy (non-hydrogen) atoms. The number of aromatic nitrogens is 2. The highest BCUT2D eigenvalue weighted by Crippen LogP contribution is 2.48. The maximum Gasteiger partial charge on any atom is 0.246 e. The predicted octanol–water partition coefficient (Wildman–Crippen LogP) is 3.52. The first-order chi connectivity index (χ1) is 12.5. The van der Waals surface area contributed by atoms with Crippen LogP contribution >= 0.6 is 23.4 Å². The number of amides is 2. The van der Waals surface area contributed by atoms with E-state index in [0.29, 0.717) is 18.0 Å². The van der Waals surface area contributed by atoms with E-state index in [4.69, 9.17) is 11.6 Å². The summed E-state index contributed by atoms with van der Waals surface area (Å²) in [7, 11) is 0. The van der Waals surface area contributed by atoms with Gasteiger partial charge in [0.15, 0.2) is 0 Å². The highest BCUT2D eigenvalue weighted by atomic mass is 35.5. The molecule has 4 rings (SSSR count). The molecule has 1 N–H and O–H groups in total. The Balaban J connectivity index is 1.59. The number of carbonyl (C=O) groups excluding carboxylic acids is 2. The van der Waals surface area contributed by atoms with Gasteiger partial charge in [-0.05, 0) is 31.5 Å². The van der Waals surface area contributed by atoms with E-state index in [-0.39, 0.29) is 29.6 Å². The molecule has 134 valence electrons. The van der Waals surface area contributed by atoms with E-state index in [1.165, 1.54) is 0 Å². The maximum atomic E-state index is 12.2. The second-order valence-corrected chi connectivity index (χ2v) is 8.18. The van der Waals surface area contributed by atoms with Crippen LogP contribution in [0.25, 0.3) is 11.3 Å². The van der Waals surface area contributed by atoms with Gasteiger partial charge >= 0.3 is 0 Å². The van der Waals surface area contributed by atoms with Crippen LogP contribution in [-0.2, 0) is 9.59 Å². The summed E-state index contributed by atoms with van der Waals surface area (Å²) in [6, 6.07) is 5.74. The highest BCUT2D eigenvalue weighted by molar-refractivity contribution is 7.99. The number of carbonyl (C=O) groups is 2. The van der Waals surface area contributed by atoms with Gasteiger partial charge in [-0.25, -0.2) is 9.97 Å². The second kappa shape index (κ2) is 6.89. The molecule has 6 nitrogen and oxygen atoms in total. The number of likely N-dealkylation sites (tertiary alicyclic amines) is 1. The summed E-state index contributed by atoms with van der Waals surface area (Å²) in [5, 5.41) is 3.56. The number of halogens is 1. The maximum absolute atomic E-state index is 12.2. The van der Waals surface area contributed by atoms with Gasteiger partial charge in [-0.15, -0.1) is 11.8 Å². The number of hydrogen-bond donors (Lipinski definition) is 1. The Labute approximate surface area is 160 Å². The third-order valence-electron chi connectivity index (χ3n) is 4.51. The molecule has 2 aliphatic heterocycles. The third-order valence-corrected chi connectivity index (χ3v) is 5.97. The van der Waals surface area contributed by atoms with E-state index >= 15 is 0 Å². The fourth-order valence-electron chi connectivity index (χ4n) is 3.22. The first-order valence-electron chi connectivity index (χ1n) is 8.42. The Bertz CT molecular complexity index is 905. The van der Waals surface area contributed by atoms with E-state index in [0.717, 1.165) is 28.1 Å². The minimum absolute atomic E-state index is 0.0147. The van der Waals surface area contributed by atoms with E-state index < -0.39 is 0 Å². The number of nitrogens with one attached hydrogen (secondary N) is 1. The van der Waals surface area contributed by atoms with Gasteiger partial charge in [0, 0.05) is 45.5 Å². The Morgan fingerprint density at radius 2 is 2.31 bits per heavy atom. The van der Waals surface area contributed by atoms with Crippen molar-refractivity contribution in [3.8, 4) is 11.3 Å². The summed E-state index contributed by atoms with van der Waals surface area (Å²) >= 11 is 7.89. The molecule has 0 radical (unpaired) electrons. The zero-order valence-electron chi connectivity index (χ0n) is 14.2. The Kier molecular flexibility index (Phi) is 4.58. The Morgan fingerprint density at radius 1 is 1.46 bits per heavy atom. The molecular formula is C18H17ClN4O2S. The van der Waals surface area contributed by atoms with Crippen LogP contribution in [0.1, 0.15) is 30.6 Å². The molecule has 2 aromatic rings. The number of benzene rings is 1. The molecule has 2 aliphatic rings. The highest BCUT2D eigenvalue weighted by Gasteiger charge is 2.26. The molecule has 0 spiro atoms. The molecule has 1 unspecified atom stereocenters. The number of thioether (sulfide) groups is 1. The zero-order valence-corrected chi connectivity index (χ0v) is 15.7. The molecule has 1 saturated heterocycles. The normalized spacial score (nSPS) is 18.5. The molecule has 1 fully saturated rings. The molecule has 2 amide bonds. The van der Waals surface area contributed by atoms with Crippen LogP contribution in [0, 0.1) is 0 Å². The van der Waals surface area contributed by atoms with Crippen molar-refractivity contribution in [1.29, 1.82) is 0 Å². The fourth-order valence-corrected chi connectivity index (χ4v) is 4.50. The van der Waals surface area contributed by atoms with Crippen LogP contribution in [-0.4, -0.2) is 39.8 Å². The quantitative estimate of drug-likeness (QED) is 0.870. The van der Waals surface area contributed by atoms with Crippen LogP contribution < -0.4 is 5.32 Å². The predicted molar refractivity (Wildman–Crippen MR) is 101 cm³/mol. The molecule has 0 saturated carbocycles. The molecular weight excluding hydrogens is 372 g/mol. The van der Waals surface area contributed by atoms with Gasteiger partial charge in [-0.1, -0.05) is 11.6 Å². The Hall–Kier alpha value is -2.12. The van der Waals surface area contributed by atoms with Crippen molar-refractivity contribution in [3.05, 3.63) is 35.0 Å². The van der Waals surface area contributed by atoms with Gasteiger partial charge in [0.2, 0.25) is 17.8 Å². The monoisotopic (exact) mass is 388 g/mol. The van der Waals surface area contributed by atoms with Gasteiger partial charge in [0.25, 0.3) is 0 Å². The van der Waals surface area contributed by atoms with E-state index in [2.05, 4.69) is 22.2 Å². The molecule has 3 heterocycles. The van der Waals surface area contributed by atoms with Gasteiger partial charge < -0.3 is 4.90 Å². The van der Waals surface area contributed by atoms with E-state index in [9.17, 15) is 9.59 Å². The summed E-state index contributed by atoms with van der Waals surface area (Å²) in [5.41, 5.74) is 2.75. The first kappa shape index (κ1) is 17.3. The molecule has 0 bridgehead atoms. The Morgan fingerprint density at radius 3 is 3.08 bits per heavy atom. The van der Waals surface area contributed by atoms with Crippen molar-refractivity contribution in [2.45, 2.75) is 29.9 Å². The standard InChI is InChI=1S/C18H17ClN4O2S/c1-10-13-8-20-18(21-15(24)9-23-6-2-3-16(23)25)22-17(13)12-7-11(19)4-5-14(12)26-10/h4-5,7-8,10H,2-3,6,9H2,1H3,(H,20,21,22,24). The average Bonchev–Trinajstić information content (AvgIpc) is 3.00. The van der Waals surface area contributed by atoms with Crippen molar-refractivity contribution in [2.75, 3.05) is 18.4 Å². The molecule has 0 aliphatic carbocycles. The van der Waals surface area contributed by atoms with Gasteiger partial charge in [0.05, 0.1) is 12.2 Å². The molecule has 8 heteroatoms. The van der Waals surface area contributed by atoms with Gasteiger partial charge in [0.1, 0.15) is 0 Å². The molecule has 1 aromatic heterocycles. The lowest BCUT2D eigenvalue weighted by Crippen LogP contribution is -2.34. The fraction of sp³-hybridized carbons (Fsp3) is 0.333. The van der Waals surface area contributed by atoms with Crippen LogP contribution in [0.4, 0.5) is 5.95 Å². The second-order valence-electron chi connectivity index (χ2n) is 6.37. The van der Waals surface area contributed by atoms with Crippen molar-refractivity contribution >= 4 is 41.1 Å². The SMILES string of the molecule is CC1Sc2ccc(Cl)cc2-c2nc(NC(=O)CN3CCCC3=O)ncc21. The largest absolute Gasteiger partial charge is 0.333 e. The molecule has 1 aromatic carbocycles. The topological polar surface area (TPSA) is 75.2 Å². The number of hydrogen-bond acceptors (Lipinski definition) is 5. The van der Waals surface area contributed by atoms with E-state index in [1.54, 1.807) is 22.9 Å². The molecule has 1 atom stereocenters. The van der Waals surface area contributed by atoms with Crippen molar-refractivity contribution in [3.63, 3.8) is 0 Å². The average molecular weight is 389 g/mol. The van der Waals surface area contributed by atoms with Crippen molar-refractivity contribution in [2.24, 2.45) is 0 Å². The summed E-state index contributed by atoms with van der Waals surface area (Å²) < 4.78 is 0. The summed E-state index contributed by atoms with van der Waals surface area (Å²) in [6.07, 6.45) is 3.06. The van der Waals surface area contributed by atoms with Crippen LogP contribution in [0.3, 0.4) is 0 Å². The third kappa shape index (κ3) is 3.29. The summed E-state index contributed by atoms with van der Waals surface area (Å²) in [5.74, 6) is -0.0314. The number of anilines is 1. The lowest BCUT2D eigenvalue weighted by Gasteiger charge is -2.24. The van der Waals surface area contributed by atoms with Crippen LogP contribution in [0.2, 0.25) is 5.02 Å². The lowest BCUT2D eigenvalue weighted by molar-refractivity contribution is -0.131. The smallest absolute Gasteiger partial charge is 0.246 e. The summed E-state index contributed by atoms with van der Waals surface area (Å²) in [4.78, 5) is 35.4. The number of nitrogens with zero attached hydrogens (tertiary/aromatic N) is 3. The lowest BCUT2D eigenvalue weighted by atomic mass is 10.0. The minimum atomic E-state index is -0.287. The minimum Gasteiger partial charge on any atom is -0.333 e. The number of fused-ring (bicyclic) bond motifs is 3. The van der Waals surface area contributed by atoms with Crippen molar-refractivity contribution < 1.29 is 9.59 Å². The number of rotatable bonds is 3. The zero-order chi connectivity index (χ0) is 18.3. The van der Waals surface area contributed by atoms with Gasteiger partial charge in [-0.2, -0.15) is 0 Å².